The molecule has 2 aliphatic rings. The average Bonchev–Trinajstić information content (AvgIpc) is 3.04. The smallest absolute Gasteiger partial charge is 0.279 e. The predicted octanol–water partition coefficient (Wildman–Crippen LogP) is 2.67. The van der Waals surface area contributed by atoms with Crippen LogP contribution in [0.25, 0.3) is 0 Å². The van der Waals surface area contributed by atoms with Crippen molar-refractivity contribution in [2.45, 2.75) is 46.3 Å². The van der Waals surface area contributed by atoms with Crippen LogP contribution in [0, 0.1) is 5.92 Å². The van der Waals surface area contributed by atoms with Gasteiger partial charge in [-0.25, -0.2) is 0 Å². The third-order valence-corrected chi connectivity index (χ3v) is 5.52. The van der Waals surface area contributed by atoms with Crippen molar-refractivity contribution in [1.82, 2.24) is 14.5 Å². The van der Waals surface area contributed by atoms with E-state index in [-0.39, 0.29) is 5.56 Å². The van der Waals surface area contributed by atoms with Crippen molar-refractivity contribution in [3.8, 4) is 0 Å². The van der Waals surface area contributed by atoms with Crippen LogP contribution >= 0.6 is 0 Å². The Labute approximate surface area is 155 Å². The van der Waals surface area contributed by atoms with Gasteiger partial charge < -0.3 is 9.47 Å². The van der Waals surface area contributed by atoms with Crippen molar-refractivity contribution in [3.05, 3.63) is 57.5 Å². The quantitative estimate of drug-likeness (QED) is 0.830. The molecule has 138 valence electrons. The van der Waals surface area contributed by atoms with E-state index in [1.807, 2.05) is 6.07 Å². The monoisotopic (exact) mass is 352 g/mol. The van der Waals surface area contributed by atoms with Crippen LogP contribution in [0.4, 0.5) is 5.95 Å². The maximum atomic E-state index is 12.7. The zero-order chi connectivity index (χ0) is 18.1. The highest BCUT2D eigenvalue weighted by molar-refractivity contribution is 5.40. The van der Waals surface area contributed by atoms with E-state index in [0.29, 0.717) is 12.5 Å². The van der Waals surface area contributed by atoms with Crippen molar-refractivity contribution in [2.24, 2.45) is 5.92 Å². The zero-order valence-electron chi connectivity index (χ0n) is 15.8. The topological polar surface area (TPSA) is 41.4 Å². The SMILES string of the molecule is CC(C)CCN1CCn2c1nc(=O)c1c2CCN(Cc2ccccc2)C1. The molecule has 0 unspecified atom stereocenters. The fourth-order valence-electron chi connectivity index (χ4n) is 4.04. The molecule has 1 aromatic carbocycles. The van der Waals surface area contributed by atoms with Crippen molar-refractivity contribution in [2.75, 3.05) is 24.5 Å². The molecule has 26 heavy (non-hydrogen) atoms. The Morgan fingerprint density at radius 3 is 2.69 bits per heavy atom. The van der Waals surface area contributed by atoms with E-state index in [0.717, 1.165) is 57.1 Å². The van der Waals surface area contributed by atoms with Gasteiger partial charge in [-0.05, 0) is 17.9 Å². The first-order valence-corrected chi connectivity index (χ1v) is 9.75. The van der Waals surface area contributed by atoms with Crippen molar-refractivity contribution >= 4 is 5.95 Å². The molecule has 0 saturated carbocycles. The number of nitrogens with zero attached hydrogens (tertiary/aromatic N) is 4. The second-order valence-corrected chi connectivity index (χ2v) is 7.91. The van der Waals surface area contributed by atoms with Gasteiger partial charge in [0.05, 0.1) is 5.56 Å². The highest BCUT2D eigenvalue weighted by atomic mass is 16.1. The molecule has 4 rings (SSSR count). The van der Waals surface area contributed by atoms with Crippen LogP contribution < -0.4 is 10.5 Å². The van der Waals surface area contributed by atoms with E-state index >= 15 is 0 Å². The third-order valence-electron chi connectivity index (χ3n) is 5.52. The molecule has 0 saturated heterocycles. The molecule has 0 amide bonds. The number of benzene rings is 1. The molecule has 0 radical (unpaired) electrons. The summed E-state index contributed by atoms with van der Waals surface area (Å²) < 4.78 is 2.30. The minimum atomic E-state index is -0.0274. The van der Waals surface area contributed by atoms with Gasteiger partial charge >= 0.3 is 0 Å². The Morgan fingerprint density at radius 2 is 1.92 bits per heavy atom. The summed E-state index contributed by atoms with van der Waals surface area (Å²) in [6.07, 6.45) is 2.07. The average molecular weight is 352 g/mol. The number of anilines is 1. The number of hydrogen-bond donors (Lipinski definition) is 0. The first-order valence-electron chi connectivity index (χ1n) is 9.75. The van der Waals surface area contributed by atoms with E-state index in [1.54, 1.807) is 0 Å². The van der Waals surface area contributed by atoms with Gasteiger partial charge in [0.1, 0.15) is 0 Å². The van der Waals surface area contributed by atoms with E-state index in [4.69, 9.17) is 0 Å². The molecule has 1 aromatic heterocycles. The molecule has 3 heterocycles. The molecule has 0 bridgehead atoms. The van der Waals surface area contributed by atoms with E-state index < -0.39 is 0 Å². The summed E-state index contributed by atoms with van der Waals surface area (Å²) in [6, 6.07) is 10.5. The summed E-state index contributed by atoms with van der Waals surface area (Å²) in [5.41, 5.74) is 3.39. The summed E-state index contributed by atoms with van der Waals surface area (Å²) in [4.78, 5) is 21.9. The minimum absolute atomic E-state index is 0.0274. The maximum Gasteiger partial charge on any atom is 0.279 e. The number of fused-ring (bicyclic) bond motifs is 3. The fraction of sp³-hybridized carbons (Fsp3) is 0.524. The van der Waals surface area contributed by atoms with Gasteiger partial charge in [-0.15, -0.1) is 0 Å². The molecule has 0 aliphatic carbocycles. The second kappa shape index (κ2) is 7.23. The van der Waals surface area contributed by atoms with Gasteiger partial charge in [0.15, 0.2) is 0 Å². The van der Waals surface area contributed by atoms with Crippen LogP contribution in [0.1, 0.15) is 37.1 Å². The molecule has 2 aromatic rings. The highest BCUT2D eigenvalue weighted by Crippen LogP contribution is 2.26. The van der Waals surface area contributed by atoms with E-state index in [1.165, 1.54) is 11.3 Å². The van der Waals surface area contributed by atoms with Gasteiger partial charge in [0, 0.05) is 51.4 Å². The zero-order valence-corrected chi connectivity index (χ0v) is 15.8. The van der Waals surface area contributed by atoms with Gasteiger partial charge in [-0.1, -0.05) is 44.2 Å². The Hall–Kier alpha value is -2.14. The normalized spacial score (nSPS) is 16.8. The van der Waals surface area contributed by atoms with Gasteiger partial charge in [-0.2, -0.15) is 4.98 Å². The third kappa shape index (κ3) is 3.40. The van der Waals surface area contributed by atoms with Crippen LogP contribution in [0.3, 0.4) is 0 Å². The molecule has 5 heteroatoms. The van der Waals surface area contributed by atoms with Crippen LogP contribution in [0.5, 0.6) is 0 Å². The highest BCUT2D eigenvalue weighted by Gasteiger charge is 2.29. The summed E-state index contributed by atoms with van der Waals surface area (Å²) in [6.45, 7) is 10.0. The predicted molar refractivity (Wildman–Crippen MR) is 104 cm³/mol. The Kier molecular flexibility index (Phi) is 4.81. The van der Waals surface area contributed by atoms with Gasteiger partial charge in [0.25, 0.3) is 5.56 Å². The molecule has 0 atom stereocenters. The lowest BCUT2D eigenvalue weighted by atomic mass is 10.1. The molecular formula is C21H28N4O. The van der Waals surface area contributed by atoms with Crippen molar-refractivity contribution < 1.29 is 0 Å². The lowest BCUT2D eigenvalue weighted by Crippen LogP contribution is -2.37. The van der Waals surface area contributed by atoms with Gasteiger partial charge in [-0.3, -0.25) is 9.69 Å². The Balaban J connectivity index is 1.55. The molecule has 5 nitrogen and oxygen atoms in total. The van der Waals surface area contributed by atoms with Crippen LogP contribution in [-0.2, 0) is 26.1 Å². The van der Waals surface area contributed by atoms with Crippen molar-refractivity contribution in [1.29, 1.82) is 0 Å². The summed E-state index contributed by atoms with van der Waals surface area (Å²) in [5.74, 6) is 1.56. The fourth-order valence-corrected chi connectivity index (χ4v) is 4.04. The van der Waals surface area contributed by atoms with Crippen LogP contribution in [0.15, 0.2) is 35.1 Å². The van der Waals surface area contributed by atoms with E-state index in [2.05, 4.69) is 57.5 Å². The molecule has 0 spiro atoms. The molecule has 0 fully saturated rings. The Morgan fingerprint density at radius 1 is 1.12 bits per heavy atom. The van der Waals surface area contributed by atoms with E-state index in [9.17, 15) is 4.79 Å². The largest absolute Gasteiger partial charge is 0.340 e. The number of aromatic nitrogens is 2. The van der Waals surface area contributed by atoms with Gasteiger partial charge in [0.2, 0.25) is 5.95 Å². The second-order valence-electron chi connectivity index (χ2n) is 7.91. The number of rotatable bonds is 5. The molecule has 0 N–H and O–H groups in total. The first-order chi connectivity index (χ1) is 12.6. The summed E-state index contributed by atoms with van der Waals surface area (Å²) in [5, 5.41) is 0. The van der Waals surface area contributed by atoms with Crippen molar-refractivity contribution in [3.63, 3.8) is 0 Å². The number of hydrogen-bond acceptors (Lipinski definition) is 4. The Bertz CT molecular complexity index is 828. The van der Waals surface area contributed by atoms with Crippen LogP contribution in [-0.4, -0.2) is 34.1 Å². The lowest BCUT2D eigenvalue weighted by molar-refractivity contribution is 0.239. The first kappa shape index (κ1) is 17.3. The summed E-state index contributed by atoms with van der Waals surface area (Å²) in [7, 11) is 0. The van der Waals surface area contributed by atoms with Crippen LogP contribution in [0.2, 0.25) is 0 Å². The minimum Gasteiger partial charge on any atom is -0.340 e. The standard InChI is InChI=1S/C21H28N4O/c1-16(2)8-11-24-12-13-25-19-9-10-23(14-17-6-4-3-5-7-17)15-18(19)20(26)22-21(24)25/h3-7,16H,8-15H2,1-2H3. The molecule has 2 aliphatic heterocycles. The molecular weight excluding hydrogens is 324 g/mol. The summed E-state index contributed by atoms with van der Waals surface area (Å²) >= 11 is 0. The maximum absolute atomic E-state index is 12.7. The lowest BCUT2D eigenvalue weighted by Gasteiger charge is -2.30.